The van der Waals surface area contributed by atoms with Gasteiger partial charge in [0, 0.05) is 28.7 Å². The van der Waals surface area contributed by atoms with Crippen molar-refractivity contribution >= 4 is 22.3 Å². The smallest absolute Gasteiger partial charge is 0.131 e. The standard InChI is InChI=1S/C16H13N3/c17-16(12-5-2-1-3-6-12)19-15-8-4-7-13-11-18-10-9-14(13)15/h1-11H,(H2,17,19). The molecule has 3 nitrogen and oxygen atoms in total. The van der Waals surface area contributed by atoms with Gasteiger partial charge in [-0.1, -0.05) is 42.5 Å². The van der Waals surface area contributed by atoms with Crippen LogP contribution < -0.4 is 5.73 Å². The Morgan fingerprint density at radius 3 is 2.63 bits per heavy atom. The fourth-order valence-electron chi connectivity index (χ4n) is 2.01. The number of rotatable bonds is 2. The van der Waals surface area contributed by atoms with Crippen LogP contribution in [0.25, 0.3) is 10.8 Å². The Kier molecular flexibility index (Phi) is 2.94. The highest BCUT2D eigenvalue weighted by atomic mass is 14.9. The monoisotopic (exact) mass is 247 g/mol. The second kappa shape index (κ2) is 4.90. The quantitative estimate of drug-likeness (QED) is 0.558. The van der Waals surface area contributed by atoms with Gasteiger partial charge >= 0.3 is 0 Å². The summed E-state index contributed by atoms with van der Waals surface area (Å²) in [6, 6.07) is 17.6. The lowest BCUT2D eigenvalue weighted by atomic mass is 10.1. The molecule has 0 unspecified atom stereocenters. The third-order valence-corrected chi connectivity index (χ3v) is 2.97. The van der Waals surface area contributed by atoms with Crippen LogP contribution in [0.1, 0.15) is 5.56 Å². The van der Waals surface area contributed by atoms with Crippen LogP contribution in [0.3, 0.4) is 0 Å². The molecule has 2 aromatic carbocycles. The number of amidine groups is 1. The van der Waals surface area contributed by atoms with Gasteiger partial charge in [-0.05, 0) is 12.1 Å². The highest BCUT2D eigenvalue weighted by molar-refractivity contribution is 6.02. The zero-order valence-electron chi connectivity index (χ0n) is 10.3. The minimum absolute atomic E-state index is 0.518. The summed E-state index contributed by atoms with van der Waals surface area (Å²) in [6.07, 6.45) is 3.59. The summed E-state index contributed by atoms with van der Waals surface area (Å²) in [6.45, 7) is 0. The van der Waals surface area contributed by atoms with Gasteiger partial charge in [0.25, 0.3) is 0 Å². The van der Waals surface area contributed by atoms with Crippen LogP contribution >= 0.6 is 0 Å². The molecule has 3 heteroatoms. The highest BCUT2D eigenvalue weighted by Gasteiger charge is 2.01. The van der Waals surface area contributed by atoms with Crippen LogP contribution in [-0.2, 0) is 0 Å². The average molecular weight is 247 g/mol. The van der Waals surface area contributed by atoms with Crippen LogP contribution in [0.5, 0.6) is 0 Å². The van der Waals surface area contributed by atoms with Gasteiger partial charge in [0.2, 0.25) is 0 Å². The maximum Gasteiger partial charge on any atom is 0.131 e. The summed E-state index contributed by atoms with van der Waals surface area (Å²) in [7, 11) is 0. The number of hydrogen-bond donors (Lipinski definition) is 1. The summed E-state index contributed by atoms with van der Waals surface area (Å²) in [5.41, 5.74) is 7.84. The van der Waals surface area contributed by atoms with Crippen molar-refractivity contribution in [1.82, 2.24) is 4.98 Å². The van der Waals surface area contributed by atoms with E-state index >= 15 is 0 Å². The fourth-order valence-corrected chi connectivity index (χ4v) is 2.01. The molecule has 1 aromatic heterocycles. The largest absolute Gasteiger partial charge is 0.383 e. The first-order valence-corrected chi connectivity index (χ1v) is 6.07. The molecule has 19 heavy (non-hydrogen) atoms. The molecule has 0 amide bonds. The number of nitrogens with two attached hydrogens (primary N) is 1. The van der Waals surface area contributed by atoms with E-state index in [1.54, 1.807) is 6.20 Å². The molecule has 3 aromatic rings. The van der Waals surface area contributed by atoms with Crippen LogP contribution in [0.4, 0.5) is 5.69 Å². The van der Waals surface area contributed by atoms with Crippen molar-refractivity contribution in [3.05, 3.63) is 72.6 Å². The van der Waals surface area contributed by atoms with Gasteiger partial charge in [-0.25, -0.2) is 4.99 Å². The molecule has 0 aliphatic heterocycles. The number of aliphatic imine (C=N–C) groups is 1. The Labute approximate surface area is 111 Å². The lowest BCUT2D eigenvalue weighted by molar-refractivity contribution is 1.36. The molecule has 2 N–H and O–H groups in total. The molecule has 0 spiro atoms. The lowest BCUT2D eigenvalue weighted by Gasteiger charge is -2.04. The molecule has 0 atom stereocenters. The molecule has 0 aliphatic carbocycles. The summed E-state index contributed by atoms with van der Waals surface area (Å²) in [4.78, 5) is 8.64. The molecule has 0 fully saturated rings. The van der Waals surface area contributed by atoms with Crippen molar-refractivity contribution in [3.8, 4) is 0 Å². The molecular weight excluding hydrogens is 234 g/mol. The minimum Gasteiger partial charge on any atom is -0.383 e. The van der Waals surface area contributed by atoms with E-state index in [1.165, 1.54) is 0 Å². The third kappa shape index (κ3) is 2.31. The first-order valence-electron chi connectivity index (χ1n) is 6.07. The summed E-state index contributed by atoms with van der Waals surface area (Å²) in [5.74, 6) is 0.518. The summed E-state index contributed by atoms with van der Waals surface area (Å²) < 4.78 is 0. The molecule has 3 rings (SSSR count). The average Bonchev–Trinajstić information content (AvgIpc) is 2.48. The molecule has 0 saturated carbocycles. The van der Waals surface area contributed by atoms with Crippen molar-refractivity contribution in [2.45, 2.75) is 0 Å². The minimum atomic E-state index is 0.518. The number of hydrogen-bond acceptors (Lipinski definition) is 2. The maximum atomic E-state index is 6.05. The van der Waals surface area contributed by atoms with Crippen LogP contribution in [0, 0.1) is 0 Å². The first-order chi connectivity index (χ1) is 9.34. The van der Waals surface area contributed by atoms with Crippen molar-refractivity contribution in [2.24, 2.45) is 10.7 Å². The van der Waals surface area contributed by atoms with E-state index < -0.39 is 0 Å². The first kappa shape index (κ1) is 11.4. The van der Waals surface area contributed by atoms with Crippen molar-refractivity contribution in [3.63, 3.8) is 0 Å². The van der Waals surface area contributed by atoms with Gasteiger partial charge in [0.15, 0.2) is 0 Å². The second-order valence-corrected chi connectivity index (χ2v) is 4.24. The van der Waals surface area contributed by atoms with E-state index in [-0.39, 0.29) is 0 Å². The molecule has 92 valence electrons. The van der Waals surface area contributed by atoms with Crippen LogP contribution in [0.15, 0.2) is 72.0 Å². The molecule has 0 aliphatic rings. The molecule has 0 bridgehead atoms. The van der Waals surface area contributed by atoms with E-state index in [4.69, 9.17) is 5.73 Å². The summed E-state index contributed by atoms with van der Waals surface area (Å²) in [5, 5.41) is 2.11. The predicted molar refractivity (Wildman–Crippen MR) is 78.6 cm³/mol. The SMILES string of the molecule is NC(=Nc1cccc2cnccc12)c1ccccc1. The summed E-state index contributed by atoms with van der Waals surface area (Å²) >= 11 is 0. The molecule has 0 radical (unpaired) electrons. The highest BCUT2D eigenvalue weighted by Crippen LogP contribution is 2.25. The van der Waals surface area contributed by atoms with E-state index in [2.05, 4.69) is 9.98 Å². The third-order valence-electron chi connectivity index (χ3n) is 2.97. The normalized spacial score (nSPS) is 11.7. The van der Waals surface area contributed by atoms with Gasteiger partial charge in [0.05, 0.1) is 5.69 Å². The van der Waals surface area contributed by atoms with Crippen molar-refractivity contribution in [1.29, 1.82) is 0 Å². The Morgan fingerprint density at radius 2 is 1.79 bits per heavy atom. The predicted octanol–water partition coefficient (Wildman–Crippen LogP) is 3.27. The van der Waals surface area contributed by atoms with Gasteiger partial charge in [0.1, 0.15) is 5.84 Å². The van der Waals surface area contributed by atoms with Gasteiger partial charge in [-0.15, -0.1) is 0 Å². The molecular formula is C16H13N3. The number of fused-ring (bicyclic) bond motifs is 1. The van der Waals surface area contributed by atoms with Gasteiger partial charge < -0.3 is 5.73 Å². The zero-order chi connectivity index (χ0) is 13.1. The Hall–Kier alpha value is -2.68. The lowest BCUT2D eigenvalue weighted by Crippen LogP contribution is -2.12. The second-order valence-electron chi connectivity index (χ2n) is 4.24. The zero-order valence-corrected chi connectivity index (χ0v) is 10.3. The van der Waals surface area contributed by atoms with E-state index in [9.17, 15) is 0 Å². The Morgan fingerprint density at radius 1 is 0.947 bits per heavy atom. The number of aromatic nitrogens is 1. The Balaban J connectivity index is 2.11. The maximum absolute atomic E-state index is 6.05. The van der Waals surface area contributed by atoms with Crippen LogP contribution in [-0.4, -0.2) is 10.8 Å². The topological polar surface area (TPSA) is 51.3 Å². The van der Waals surface area contributed by atoms with Crippen LogP contribution in [0.2, 0.25) is 0 Å². The molecule has 1 heterocycles. The van der Waals surface area contributed by atoms with Gasteiger partial charge in [-0.2, -0.15) is 0 Å². The van der Waals surface area contributed by atoms with Crippen molar-refractivity contribution < 1.29 is 0 Å². The Bertz CT molecular complexity index is 728. The number of nitrogens with zero attached hydrogens (tertiary/aromatic N) is 2. The number of benzene rings is 2. The molecule has 0 saturated heterocycles. The van der Waals surface area contributed by atoms with Gasteiger partial charge in [-0.3, -0.25) is 4.98 Å². The van der Waals surface area contributed by atoms with E-state index in [0.717, 1.165) is 22.0 Å². The fraction of sp³-hybridized carbons (Fsp3) is 0. The van der Waals surface area contributed by atoms with Crippen molar-refractivity contribution in [2.75, 3.05) is 0 Å². The number of pyridine rings is 1. The van der Waals surface area contributed by atoms with E-state index in [0.29, 0.717) is 5.84 Å². The van der Waals surface area contributed by atoms with E-state index in [1.807, 2.05) is 60.8 Å².